The second-order valence-electron chi connectivity index (χ2n) is 5.49. The monoisotopic (exact) mass is 368 g/mol. The zero-order chi connectivity index (χ0) is 18.8. The molecule has 0 saturated carbocycles. The molecular weight excluding hydrogens is 344 g/mol. The van der Waals surface area contributed by atoms with Crippen molar-refractivity contribution in [1.82, 2.24) is 0 Å². The van der Waals surface area contributed by atoms with Gasteiger partial charge in [-0.1, -0.05) is 6.07 Å². The summed E-state index contributed by atoms with van der Waals surface area (Å²) >= 11 is 0. The number of esters is 2. The lowest BCUT2D eigenvalue weighted by molar-refractivity contribution is -0.00531. The highest BCUT2D eigenvalue weighted by molar-refractivity contribution is 6.04. The fourth-order valence-electron chi connectivity index (χ4n) is 2.51. The van der Waals surface area contributed by atoms with Crippen molar-refractivity contribution in [2.24, 2.45) is 0 Å². The van der Waals surface area contributed by atoms with Gasteiger partial charge in [0.15, 0.2) is 0 Å². The van der Waals surface area contributed by atoms with E-state index in [1.165, 1.54) is 14.2 Å². The number of fused-ring (bicyclic) bond motifs is 2. The van der Waals surface area contributed by atoms with E-state index in [1.54, 1.807) is 12.1 Å². The summed E-state index contributed by atoms with van der Waals surface area (Å²) in [5.41, 5.74) is 1.51. The van der Waals surface area contributed by atoms with E-state index in [-0.39, 0.29) is 24.3 Å². The summed E-state index contributed by atoms with van der Waals surface area (Å²) in [5.74, 6) is -1.25. The molecule has 0 N–H and O–H groups in total. The van der Waals surface area contributed by atoms with Gasteiger partial charge in [0.1, 0.15) is 0 Å². The van der Waals surface area contributed by atoms with E-state index in [0.29, 0.717) is 45.2 Å². The number of hydrogen-bond acceptors (Lipinski definition) is 8. The molecule has 2 rings (SSSR count). The second-order valence-corrected chi connectivity index (χ2v) is 5.49. The molecule has 0 fully saturated rings. The van der Waals surface area contributed by atoms with Crippen molar-refractivity contribution in [2.45, 2.75) is 13.2 Å². The Morgan fingerprint density at radius 3 is 1.88 bits per heavy atom. The number of hydrogen-bond donors (Lipinski definition) is 0. The lowest BCUT2D eigenvalue weighted by atomic mass is 9.97. The van der Waals surface area contributed by atoms with Crippen molar-refractivity contribution in [3.8, 4) is 0 Å². The van der Waals surface area contributed by atoms with E-state index >= 15 is 0 Å². The molecule has 1 aromatic rings. The summed E-state index contributed by atoms with van der Waals surface area (Å²) in [7, 11) is 2.52. The molecule has 0 radical (unpaired) electrons. The molecule has 1 aliphatic rings. The Morgan fingerprint density at radius 2 is 1.31 bits per heavy atom. The average molecular weight is 368 g/mol. The topological polar surface area (TPSA) is 89.5 Å². The minimum absolute atomic E-state index is 0.121. The van der Waals surface area contributed by atoms with Crippen LogP contribution in [0, 0.1) is 0 Å². The number of rotatable bonds is 2. The molecule has 0 unspecified atom stereocenters. The molecule has 8 heteroatoms. The fraction of sp³-hybridized carbons (Fsp3) is 0.556. The lowest BCUT2D eigenvalue weighted by Crippen LogP contribution is -2.17. The van der Waals surface area contributed by atoms with Crippen molar-refractivity contribution in [3.05, 3.63) is 34.4 Å². The maximum absolute atomic E-state index is 12.2. The molecule has 0 saturated heterocycles. The summed E-state index contributed by atoms with van der Waals surface area (Å²) < 4.78 is 31.6. The Balaban J connectivity index is 2.34. The first kappa shape index (κ1) is 20.3. The largest absolute Gasteiger partial charge is 0.465 e. The van der Waals surface area contributed by atoms with Crippen molar-refractivity contribution < 1.29 is 38.0 Å². The summed E-state index contributed by atoms with van der Waals surface area (Å²) in [6.07, 6.45) is 0. The van der Waals surface area contributed by atoms with E-state index in [2.05, 4.69) is 0 Å². The van der Waals surface area contributed by atoms with Crippen LogP contribution in [0.3, 0.4) is 0 Å². The Hall–Kier alpha value is -2.00. The molecule has 0 aromatic heterocycles. The van der Waals surface area contributed by atoms with Gasteiger partial charge in [-0.25, -0.2) is 9.59 Å². The van der Waals surface area contributed by atoms with Gasteiger partial charge in [0.05, 0.1) is 78.2 Å². The molecule has 144 valence electrons. The van der Waals surface area contributed by atoms with Gasteiger partial charge in [0, 0.05) is 0 Å². The molecule has 0 aliphatic carbocycles. The van der Waals surface area contributed by atoms with E-state index < -0.39 is 11.9 Å². The summed E-state index contributed by atoms with van der Waals surface area (Å²) in [6, 6.07) is 3.34. The van der Waals surface area contributed by atoms with Crippen LogP contribution in [0.25, 0.3) is 0 Å². The van der Waals surface area contributed by atoms with Crippen molar-refractivity contribution in [1.29, 1.82) is 0 Å². The van der Waals surface area contributed by atoms with Crippen LogP contribution in [0.5, 0.6) is 0 Å². The number of methoxy groups -OCH3 is 2. The first-order chi connectivity index (χ1) is 12.7. The van der Waals surface area contributed by atoms with Gasteiger partial charge in [0.25, 0.3) is 0 Å². The molecule has 2 bridgehead atoms. The first-order valence-corrected chi connectivity index (χ1v) is 8.30. The van der Waals surface area contributed by atoms with Crippen LogP contribution < -0.4 is 0 Å². The predicted molar refractivity (Wildman–Crippen MR) is 90.1 cm³/mol. The van der Waals surface area contributed by atoms with Crippen LogP contribution in [0.4, 0.5) is 0 Å². The van der Waals surface area contributed by atoms with Crippen LogP contribution in [0.1, 0.15) is 31.8 Å². The van der Waals surface area contributed by atoms with Crippen LogP contribution in [-0.4, -0.2) is 65.8 Å². The predicted octanol–water partition coefficient (Wildman–Crippen LogP) is 1.34. The van der Waals surface area contributed by atoms with Crippen LogP contribution in [-0.2, 0) is 41.6 Å². The third-order valence-electron chi connectivity index (χ3n) is 3.72. The zero-order valence-electron chi connectivity index (χ0n) is 15.1. The number of carbonyl (C=O) groups excluding carboxylic acids is 2. The quantitative estimate of drug-likeness (QED) is 0.723. The molecule has 0 spiro atoms. The third-order valence-corrected chi connectivity index (χ3v) is 3.72. The maximum atomic E-state index is 12.2. The van der Waals surface area contributed by atoms with Gasteiger partial charge in [-0.2, -0.15) is 0 Å². The number of carbonyl (C=O) groups is 2. The minimum Gasteiger partial charge on any atom is -0.465 e. The number of ether oxygens (including phenoxy) is 6. The van der Waals surface area contributed by atoms with E-state index in [4.69, 9.17) is 28.4 Å². The van der Waals surface area contributed by atoms with Crippen molar-refractivity contribution in [2.75, 3.05) is 53.9 Å². The average Bonchev–Trinajstić information content (AvgIpc) is 2.67. The second kappa shape index (κ2) is 10.9. The van der Waals surface area contributed by atoms with Crippen LogP contribution in [0.15, 0.2) is 12.1 Å². The molecule has 26 heavy (non-hydrogen) atoms. The molecule has 1 aliphatic heterocycles. The normalized spacial score (nSPS) is 16.8. The van der Waals surface area contributed by atoms with Gasteiger partial charge in [0.2, 0.25) is 0 Å². The van der Waals surface area contributed by atoms with Gasteiger partial charge < -0.3 is 28.4 Å². The van der Waals surface area contributed by atoms with Gasteiger partial charge >= 0.3 is 11.9 Å². The first-order valence-electron chi connectivity index (χ1n) is 8.30. The zero-order valence-corrected chi connectivity index (χ0v) is 15.1. The summed E-state index contributed by atoms with van der Waals surface area (Å²) in [4.78, 5) is 24.4. The van der Waals surface area contributed by atoms with E-state index in [1.807, 2.05) is 0 Å². The Bertz CT molecular complexity index is 613. The minimum atomic E-state index is -0.627. The lowest BCUT2D eigenvalue weighted by Gasteiger charge is -2.15. The third kappa shape index (κ3) is 5.77. The standard InChI is InChI=1S/C18H24O8/c1-21-17(19)15-10-13-9-14(16(15)18(20)22-2)12-26-8-6-24-4-3-23-5-7-25-11-13/h9-10H,3-8,11-12H2,1-2H3. The smallest absolute Gasteiger partial charge is 0.339 e. The highest BCUT2D eigenvalue weighted by Crippen LogP contribution is 2.22. The Labute approximate surface area is 152 Å². The van der Waals surface area contributed by atoms with E-state index in [0.717, 1.165) is 5.56 Å². The molecule has 1 aromatic carbocycles. The van der Waals surface area contributed by atoms with Crippen LogP contribution >= 0.6 is 0 Å². The highest BCUT2D eigenvalue weighted by Gasteiger charge is 2.24. The highest BCUT2D eigenvalue weighted by atomic mass is 16.6. The molecule has 1 heterocycles. The fourth-order valence-corrected chi connectivity index (χ4v) is 2.51. The van der Waals surface area contributed by atoms with Gasteiger partial charge in [-0.05, 0) is 17.2 Å². The molecule has 8 nitrogen and oxygen atoms in total. The van der Waals surface area contributed by atoms with Crippen LogP contribution in [0.2, 0.25) is 0 Å². The number of benzene rings is 1. The maximum Gasteiger partial charge on any atom is 0.339 e. The van der Waals surface area contributed by atoms with Gasteiger partial charge in [-0.3, -0.25) is 0 Å². The van der Waals surface area contributed by atoms with Gasteiger partial charge in [-0.15, -0.1) is 0 Å². The van der Waals surface area contributed by atoms with Crippen molar-refractivity contribution in [3.63, 3.8) is 0 Å². The summed E-state index contributed by atoms with van der Waals surface area (Å²) in [6.45, 7) is 2.92. The molecule has 0 amide bonds. The Kier molecular flexibility index (Phi) is 8.49. The van der Waals surface area contributed by atoms with E-state index in [9.17, 15) is 9.59 Å². The molecule has 0 atom stereocenters. The SMILES string of the molecule is COC(=O)c1cc2cc(c1C(=O)OC)COCCOCCOCCOC2. The van der Waals surface area contributed by atoms with Crippen molar-refractivity contribution >= 4 is 11.9 Å². The Morgan fingerprint density at radius 1 is 0.769 bits per heavy atom. The molecular formula is C18H24O8. The summed E-state index contributed by atoms with van der Waals surface area (Å²) in [5, 5.41) is 0.